The minimum Gasteiger partial charge on any atom is -0.494 e. The standard InChI is InChI=1S/C22H22FNO3/c1-2-12-26-20-10-8-18(9-11-20)22(25)24(16-21-7-4-13-27-21)15-17-5-3-6-19(23)14-17/h3-11,13-14H,2,12,15-16H2,1H3. The Labute approximate surface area is 158 Å². The fourth-order valence-electron chi connectivity index (χ4n) is 2.74. The predicted octanol–water partition coefficient (Wildman–Crippen LogP) is 5.05. The molecule has 0 spiro atoms. The molecule has 27 heavy (non-hydrogen) atoms. The van der Waals surface area contributed by atoms with Crippen LogP contribution in [0.4, 0.5) is 4.39 Å². The molecule has 0 radical (unpaired) electrons. The number of nitrogens with zero attached hydrogens (tertiary/aromatic N) is 1. The van der Waals surface area contributed by atoms with Gasteiger partial charge in [-0.2, -0.15) is 0 Å². The van der Waals surface area contributed by atoms with Crippen molar-refractivity contribution >= 4 is 5.91 Å². The van der Waals surface area contributed by atoms with Crippen molar-refractivity contribution in [3.8, 4) is 5.75 Å². The van der Waals surface area contributed by atoms with Gasteiger partial charge in [-0.1, -0.05) is 19.1 Å². The van der Waals surface area contributed by atoms with Crippen molar-refractivity contribution in [3.05, 3.63) is 89.6 Å². The predicted molar refractivity (Wildman–Crippen MR) is 101 cm³/mol. The Hall–Kier alpha value is -3.08. The number of carbonyl (C=O) groups excluding carboxylic acids is 1. The van der Waals surface area contributed by atoms with Crippen LogP contribution in [0.15, 0.2) is 71.3 Å². The van der Waals surface area contributed by atoms with Crippen LogP contribution in [0.3, 0.4) is 0 Å². The van der Waals surface area contributed by atoms with Crippen molar-refractivity contribution in [2.24, 2.45) is 0 Å². The molecule has 140 valence electrons. The molecular formula is C22H22FNO3. The van der Waals surface area contributed by atoms with Crippen LogP contribution in [0.1, 0.15) is 35.0 Å². The summed E-state index contributed by atoms with van der Waals surface area (Å²) < 4.78 is 24.5. The van der Waals surface area contributed by atoms with Crippen molar-refractivity contribution in [3.63, 3.8) is 0 Å². The summed E-state index contributed by atoms with van der Waals surface area (Å²) >= 11 is 0. The van der Waals surface area contributed by atoms with E-state index in [0.29, 0.717) is 24.5 Å². The Kier molecular flexibility index (Phi) is 6.26. The molecule has 0 unspecified atom stereocenters. The largest absolute Gasteiger partial charge is 0.494 e. The lowest BCUT2D eigenvalue weighted by atomic mass is 10.1. The van der Waals surface area contributed by atoms with E-state index < -0.39 is 0 Å². The molecule has 0 saturated heterocycles. The molecule has 1 amide bonds. The molecule has 0 aliphatic heterocycles. The fraction of sp³-hybridized carbons (Fsp3) is 0.227. The van der Waals surface area contributed by atoms with E-state index in [2.05, 4.69) is 0 Å². The summed E-state index contributed by atoms with van der Waals surface area (Å²) in [4.78, 5) is 14.7. The molecule has 5 heteroatoms. The molecule has 4 nitrogen and oxygen atoms in total. The number of halogens is 1. The molecule has 0 saturated carbocycles. The molecule has 0 atom stereocenters. The first-order valence-corrected chi connectivity index (χ1v) is 8.94. The van der Waals surface area contributed by atoms with E-state index in [1.165, 1.54) is 12.1 Å². The third-order valence-electron chi connectivity index (χ3n) is 4.05. The normalized spacial score (nSPS) is 10.6. The van der Waals surface area contributed by atoms with Crippen molar-refractivity contribution < 1.29 is 18.3 Å². The molecule has 3 aromatic rings. The lowest BCUT2D eigenvalue weighted by Crippen LogP contribution is -2.30. The zero-order chi connectivity index (χ0) is 19.1. The van der Waals surface area contributed by atoms with Crippen LogP contribution in [0.25, 0.3) is 0 Å². The van der Waals surface area contributed by atoms with Crippen LogP contribution < -0.4 is 4.74 Å². The van der Waals surface area contributed by atoms with Crippen molar-refractivity contribution in [1.82, 2.24) is 4.90 Å². The Balaban J connectivity index is 1.79. The zero-order valence-electron chi connectivity index (χ0n) is 15.2. The van der Waals surface area contributed by atoms with Gasteiger partial charge in [-0.25, -0.2) is 4.39 Å². The van der Waals surface area contributed by atoms with Crippen molar-refractivity contribution in [2.75, 3.05) is 6.61 Å². The average Bonchev–Trinajstić information content (AvgIpc) is 3.19. The van der Waals surface area contributed by atoms with Gasteiger partial charge in [-0.3, -0.25) is 4.79 Å². The van der Waals surface area contributed by atoms with E-state index in [-0.39, 0.29) is 18.3 Å². The maximum Gasteiger partial charge on any atom is 0.254 e. The Morgan fingerprint density at radius 2 is 1.89 bits per heavy atom. The highest BCUT2D eigenvalue weighted by molar-refractivity contribution is 5.94. The number of hydrogen-bond acceptors (Lipinski definition) is 3. The zero-order valence-corrected chi connectivity index (χ0v) is 15.2. The van der Waals surface area contributed by atoms with E-state index in [1.807, 2.05) is 13.0 Å². The second-order valence-corrected chi connectivity index (χ2v) is 6.24. The highest BCUT2D eigenvalue weighted by Crippen LogP contribution is 2.18. The van der Waals surface area contributed by atoms with Gasteiger partial charge in [0.1, 0.15) is 17.3 Å². The number of benzene rings is 2. The molecular weight excluding hydrogens is 345 g/mol. The van der Waals surface area contributed by atoms with E-state index in [0.717, 1.165) is 17.7 Å². The monoisotopic (exact) mass is 367 g/mol. The number of hydrogen-bond donors (Lipinski definition) is 0. The SMILES string of the molecule is CCCOc1ccc(C(=O)N(Cc2cccc(F)c2)Cc2ccco2)cc1. The smallest absolute Gasteiger partial charge is 0.254 e. The highest BCUT2D eigenvalue weighted by atomic mass is 19.1. The number of carbonyl (C=O) groups is 1. The van der Waals surface area contributed by atoms with Crippen LogP contribution in [0.5, 0.6) is 5.75 Å². The molecule has 0 bridgehead atoms. The molecule has 1 heterocycles. The van der Waals surface area contributed by atoms with Gasteiger partial charge < -0.3 is 14.1 Å². The van der Waals surface area contributed by atoms with E-state index in [4.69, 9.17) is 9.15 Å². The Morgan fingerprint density at radius 3 is 2.56 bits per heavy atom. The number of ether oxygens (including phenoxy) is 1. The lowest BCUT2D eigenvalue weighted by molar-refractivity contribution is 0.0717. The van der Waals surface area contributed by atoms with Gasteiger partial charge >= 0.3 is 0 Å². The minimum absolute atomic E-state index is 0.155. The second-order valence-electron chi connectivity index (χ2n) is 6.24. The van der Waals surface area contributed by atoms with Gasteiger partial charge in [0.15, 0.2) is 0 Å². The van der Waals surface area contributed by atoms with Crippen LogP contribution in [0.2, 0.25) is 0 Å². The second kappa shape index (κ2) is 9.03. The number of amides is 1. The topological polar surface area (TPSA) is 42.7 Å². The third-order valence-corrected chi connectivity index (χ3v) is 4.05. The maximum atomic E-state index is 13.5. The average molecular weight is 367 g/mol. The van der Waals surface area contributed by atoms with Gasteiger partial charge in [-0.15, -0.1) is 0 Å². The lowest BCUT2D eigenvalue weighted by Gasteiger charge is -2.22. The van der Waals surface area contributed by atoms with Crippen LogP contribution in [-0.2, 0) is 13.1 Å². The molecule has 0 aliphatic carbocycles. The van der Waals surface area contributed by atoms with Gasteiger partial charge in [0.2, 0.25) is 0 Å². The fourth-order valence-corrected chi connectivity index (χ4v) is 2.74. The summed E-state index contributed by atoms with van der Waals surface area (Å²) in [5.74, 6) is 0.923. The summed E-state index contributed by atoms with van der Waals surface area (Å²) in [6.45, 7) is 3.26. The first-order chi connectivity index (χ1) is 13.2. The minimum atomic E-state index is -0.324. The quantitative estimate of drug-likeness (QED) is 0.559. The molecule has 2 aromatic carbocycles. The van der Waals surface area contributed by atoms with Crippen molar-refractivity contribution in [1.29, 1.82) is 0 Å². The summed E-state index contributed by atoms with van der Waals surface area (Å²) in [7, 11) is 0. The molecule has 3 rings (SSSR count). The van der Waals surface area contributed by atoms with Gasteiger partial charge in [0.05, 0.1) is 19.4 Å². The van der Waals surface area contributed by atoms with Gasteiger partial charge in [-0.05, 0) is 60.5 Å². The maximum absolute atomic E-state index is 13.5. The first-order valence-electron chi connectivity index (χ1n) is 8.94. The Morgan fingerprint density at radius 1 is 1.07 bits per heavy atom. The van der Waals surface area contributed by atoms with Crippen LogP contribution in [0, 0.1) is 5.82 Å². The first kappa shape index (κ1) is 18.7. The van der Waals surface area contributed by atoms with Crippen molar-refractivity contribution in [2.45, 2.75) is 26.4 Å². The molecule has 0 N–H and O–H groups in total. The number of furan rings is 1. The molecule has 0 fully saturated rings. The molecule has 1 aromatic heterocycles. The summed E-state index contributed by atoms with van der Waals surface area (Å²) in [6, 6.07) is 16.9. The molecule has 0 aliphatic rings. The summed E-state index contributed by atoms with van der Waals surface area (Å²) in [5.41, 5.74) is 1.26. The Bertz CT molecular complexity index is 860. The van der Waals surface area contributed by atoms with E-state index >= 15 is 0 Å². The van der Waals surface area contributed by atoms with Crippen LogP contribution in [-0.4, -0.2) is 17.4 Å². The third kappa shape index (κ3) is 5.20. The van der Waals surface area contributed by atoms with E-state index in [9.17, 15) is 9.18 Å². The van der Waals surface area contributed by atoms with Gasteiger partial charge in [0.25, 0.3) is 5.91 Å². The summed E-state index contributed by atoms with van der Waals surface area (Å²) in [6.07, 6.45) is 2.49. The number of rotatable bonds is 8. The summed E-state index contributed by atoms with van der Waals surface area (Å²) in [5, 5.41) is 0. The van der Waals surface area contributed by atoms with Gasteiger partial charge in [0, 0.05) is 12.1 Å². The highest BCUT2D eigenvalue weighted by Gasteiger charge is 2.18. The van der Waals surface area contributed by atoms with E-state index in [1.54, 1.807) is 53.6 Å². The van der Waals surface area contributed by atoms with Crippen LogP contribution >= 0.6 is 0 Å².